The number of nitrogens with zero attached hydrogens (tertiary/aromatic N) is 2. The summed E-state index contributed by atoms with van der Waals surface area (Å²) in [5.41, 5.74) is -2.26. The zero-order chi connectivity index (χ0) is 31.9. The molecule has 2 heterocycles. The molecule has 0 aromatic carbocycles. The lowest BCUT2D eigenvalue weighted by Crippen LogP contribution is -2.51. The van der Waals surface area contributed by atoms with Gasteiger partial charge in [0.25, 0.3) is 0 Å². The molecule has 2 aliphatic rings. The average molecular weight is 610 g/mol. The summed E-state index contributed by atoms with van der Waals surface area (Å²) in [4.78, 5) is 97.5. The lowest BCUT2D eigenvalue weighted by atomic mass is 9.89. The molecule has 0 saturated carbocycles. The Bertz CT molecular complexity index is 1020. The third kappa shape index (κ3) is 8.87. The van der Waals surface area contributed by atoms with E-state index in [1.165, 1.54) is 0 Å². The Kier molecular flexibility index (Phi) is 11.4. The van der Waals surface area contributed by atoms with Crippen molar-refractivity contribution in [3.05, 3.63) is 0 Å². The summed E-state index contributed by atoms with van der Waals surface area (Å²) in [7, 11) is 0. The quantitative estimate of drug-likeness (QED) is 0.0447. The van der Waals surface area contributed by atoms with Gasteiger partial charge in [0.15, 0.2) is 13.2 Å². The normalized spacial score (nSPS) is 20.4. The number of rotatable bonds is 15. The molecule has 2 unspecified atom stereocenters. The van der Waals surface area contributed by atoms with Crippen LogP contribution in [0.5, 0.6) is 0 Å². The largest absolute Gasteiger partial charge is 0.453 e. The molecular weight excluding hydrogens is 580 g/mol. The maximum Gasteiger partial charge on any atom is 0.409 e. The summed E-state index contributed by atoms with van der Waals surface area (Å²) >= 11 is 0. The van der Waals surface area contributed by atoms with Gasteiger partial charge in [0.05, 0.1) is 62.9 Å². The predicted octanol–water partition coefficient (Wildman–Crippen LogP) is -3.90. The number of ether oxygens (including phenoxy) is 2. The van der Waals surface area contributed by atoms with Gasteiger partial charge < -0.3 is 29.9 Å². The van der Waals surface area contributed by atoms with Crippen LogP contribution in [0.1, 0.15) is 51.4 Å². The summed E-state index contributed by atoms with van der Waals surface area (Å²) in [6, 6.07) is 0. The second-order valence-electron chi connectivity index (χ2n) is 9.48. The van der Waals surface area contributed by atoms with E-state index in [9.17, 15) is 69.2 Å². The molecular formula is C22H30N2O18+2. The monoisotopic (exact) mass is 610 g/mol. The van der Waals surface area contributed by atoms with Crippen LogP contribution in [-0.2, 0) is 57.5 Å². The Morgan fingerprint density at radius 1 is 0.667 bits per heavy atom. The molecule has 6 N–H and O–H groups in total. The molecule has 0 aromatic heterocycles. The van der Waals surface area contributed by atoms with Gasteiger partial charge in [0, 0.05) is 12.8 Å². The molecule has 20 nitrogen and oxygen atoms in total. The van der Waals surface area contributed by atoms with E-state index in [4.69, 9.17) is 0 Å². The molecule has 0 aliphatic carbocycles. The lowest BCUT2D eigenvalue weighted by molar-refractivity contribution is -1.12. The minimum atomic E-state index is -2.26. The Morgan fingerprint density at radius 2 is 0.976 bits per heavy atom. The van der Waals surface area contributed by atoms with Crippen LogP contribution in [0, 0.1) is 0 Å². The van der Waals surface area contributed by atoms with Crippen molar-refractivity contribution in [2.24, 2.45) is 0 Å². The van der Waals surface area contributed by atoms with Crippen molar-refractivity contribution >= 4 is 47.5 Å². The molecule has 20 heteroatoms. The van der Waals surface area contributed by atoms with Crippen molar-refractivity contribution in [1.82, 2.24) is 0 Å². The number of hydrogen-bond donors (Lipinski definition) is 6. The van der Waals surface area contributed by atoms with Crippen molar-refractivity contribution in [1.29, 1.82) is 0 Å². The summed E-state index contributed by atoms with van der Waals surface area (Å²) in [6.07, 6.45) is -8.14. The number of carbonyl (C=O) groups excluding carboxylic acids is 8. The van der Waals surface area contributed by atoms with E-state index in [1.807, 2.05) is 0 Å². The van der Waals surface area contributed by atoms with Crippen LogP contribution in [0.2, 0.25) is 0 Å². The number of quaternary nitrogens is 2. The van der Waals surface area contributed by atoms with Crippen molar-refractivity contribution in [3.63, 3.8) is 0 Å². The fourth-order valence-corrected chi connectivity index (χ4v) is 3.88. The van der Waals surface area contributed by atoms with Gasteiger partial charge in [-0.1, -0.05) is 0 Å². The maximum absolute atomic E-state index is 11.9. The number of aliphatic hydroxyl groups is 4. The average Bonchev–Trinajstić information content (AvgIpc) is 3.29. The maximum atomic E-state index is 11.9. The van der Waals surface area contributed by atoms with Crippen LogP contribution in [0.3, 0.4) is 0 Å². The van der Waals surface area contributed by atoms with Crippen LogP contribution in [-0.4, -0.2) is 126 Å². The van der Waals surface area contributed by atoms with Gasteiger partial charge in [-0.05, 0) is 0 Å². The van der Waals surface area contributed by atoms with Crippen molar-refractivity contribution in [2.75, 3.05) is 19.8 Å². The Balaban J connectivity index is 1.74. The van der Waals surface area contributed by atoms with Crippen LogP contribution in [0.15, 0.2) is 0 Å². The molecule has 2 atom stereocenters. The molecule has 2 saturated heterocycles. The Morgan fingerprint density at radius 3 is 1.26 bits per heavy atom. The van der Waals surface area contributed by atoms with E-state index in [1.54, 1.807) is 0 Å². The van der Waals surface area contributed by atoms with Gasteiger partial charge in [-0.25, -0.2) is 38.4 Å². The number of hydrogen-bond acceptors (Lipinski definition) is 18. The second kappa shape index (κ2) is 13.9. The van der Waals surface area contributed by atoms with Crippen molar-refractivity contribution < 1.29 is 98.0 Å². The molecule has 2 rings (SSSR count). The topological polar surface area (TPSA) is 295 Å². The van der Waals surface area contributed by atoms with E-state index in [2.05, 4.69) is 19.1 Å². The molecule has 2 fully saturated rings. The molecule has 0 radical (unpaired) electrons. The first-order chi connectivity index (χ1) is 19.4. The molecule has 42 heavy (non-hydrogen) atoms. The van der Waals surface area contributed by atoms with Crippen LogP contribution in [0.25, 0.3) is 0 Å². The highest BCUT2D eigenvalue weighted by molar-refractivity contribution is 5.92. The van der Waals surface area contributed by atoms with Gasteiger partial charge in [-0.2, -0.15) is 10.4 Å². The molecule has 0 bridgehead atoms. The highest BCUT2D eigenvalue weighted by atomic mass is 17.0. The molecule has 4 amide bonds. The molecule has 2 aliphatic heterocycles. The summed E-state index contributed by atoms with van der Waals surface area (Å²) < 4.78 is 9.05. The number of aliphatic hydroxyl groups excluding tert-OH is 3. The zero-order valence-electron chi connectivity index (χ0n) is 21.9. The smallest absolute Gasteiger partial charge is 0.409 e. The molecule has 0 spiro atoms. The second-order valence-corrected chi connectivity index (χ2v) is 9.48. The van der Waals surface area contributed by atoms with E-state index >= 15 is 0 Å². The minimum absolute atomic E-state index is 0.371. The fraction of sp³-hybridized carbons (Fsp3) is 0.636. The highest BCUT2D eigenvalue weighted by Crippen LogP contribution is 2.24. The SMILES string of the molecule is O=C(CC(O)CC(O)(CO)CC(O)CC(=O)OCC(=O)O[N+]1(O)C(=O)CCC1=O)OCC(=O)O[N+]1(O)C(=O)CCC1=O. The predicted molar refractivity (Wildman–Crippen MR) is 119 cm³/mol. The Hall–Kier alpha value is -3.76. The van der Waals surface area contributed by atoms with Gasteiger partial charge in [0.1, 0.15) is 9.62 Å². The standard InChI is InChI=1S/C22H30N2O18/c25-11-22(36,7-12(26)5-18(32)39-9-20(34)41-23(37)14(28)1-2-15(23)29)8-13(27)6-19(33)40-10-21(35)42-24(38)16(30)3-4-17(24)31/h12-13,25-27,36-38H,1-11H2/q+2. The number of carbonyl (C=O) groups is 8. The van der Waals surface area contributed by atoms with Crippen LogP contribution >= 0.6 is 0 Å². The highest BCUT2D eigenvalue weighted by Gasteiger charge is 2.56. The lowest BCUT2D eigenvalue weighted by Gasteiger charge is -2.30. The number of esters is 2. The summed E-state index contributed by atoms with van der Waals surface area (Å²) in [6.45, 7) is -3.38. The van der Waals surface area contributed by atoms with Gasteiger partial charge in [0.2, 0.25) is 0 Å². The van der Waals surface area contributed by atoms with Crippen LogP contribution in [0.4, 0.5) is 0 Å². The first-order valence-electron chi connectivity index (χ1n) is 12.3. The van der Waals surface area contributed by atoms with Gasteiger partial charge >= 0.3 is 47.5 Å². The number of hydroxylamine groups is 8. The minimum Gasteiger partial charge on any atom is -0.453 e. The van der Waals surface area contributed by atoms with E-state index in [0.717, 1.165) is 0 Å². The Labute approximate surface area is 235 Å². The van der Waals surface area contributed by atoms with Crippen LogP contribution < -0.4 is 0 Å². The summed E-state index contributed by atoms with van der Waals surface area (Å²) in [5, 5.41) is 59.8. The third-order valence-corrected chi connectivity index (χ3v) is 5.96. The van der Waals surface area contributed by atoms with Gasteiger partial charge in [-0.15, -0.1) is 0 Å². The van der Waals surface area contributed by atoms with E-state index < -0.39 is 120 Å². The van der Waals surface area contributed by atoms with Gasteiger partial charge in [-0.3, -0.25) is 9.59 Å². The fourth-order valence-electron chi connectivity index (χ4n) is 3.88. The first-order valence-corrected chi connectivity index (χ1v) is 12.3. The van der Waals surface area contributed by atoms with Crippen molar-refractivity contribution in [2.45, 2.75) is 69.2 Å². The molecule has 234 valence electrons. The summed E-state index contributed by atoms with van der Waals surface area (Å²) in [5.74, 6) is -9.82. The third-order valence-electron chi connectivity index (χ3n) is 5.96. The van der Waals surface area contributed by atoms with E-state index in [0.29, 0.717) is 0 Å². The van der Waals surface area contributed by atoms with E-state index in [-0.39, 0.29) is 25.7 Å². The number of imide groups is 2. The molecule has 0 aromatic rings. The number of amides is 4. The zero-order valence-corrected chi connectivity index (χ0v) is 21.9. The van der Waals surface area contributed by atoms with Crippen molar-refractivity contribution in [3.8, 4) is 0 Å². The first kappa shape index (κ1) is 34.4.